The highest BCUT2D eigenvalue weighted by Gasteiger charge is 2.00. The monoisotopic (exact) mass is 211 g/mol. The Hall–Kier alpha value is -0.800. The van der Waals surface area contributed by atoms with Crippen LogP contribution in [0.3, 0.4) is 0 Å². The van der Waals surface area contributed by atoms with E-state index in [2.05, 4.69) is 20.8 Å². The molecule has 1 aromatic carbocycles. The summed E-state index contributed by atoms with van der Waals surface area (Å²) in [6.45, 7) is 6.50. The van der Waals surface area contributed by atoms with E-state index in [9.17, 15) is 4.79 Å². The number of benzene rings is 1. The van der Waals surface area contributed by atoms with Crippen molar-refractivity contribution >= 4 is 17.1 Å². The molecule has 1 aromatic rings. The molecule has 0 aliphatic rings. The standard InChI is InChI=1S/C7H7NOS.C4H10/c8-10-7(9)6-4-2-1-3-5-6;1-4(2)3/h1-5H,8H2;4H,1-3H3. The average Bonchev–Trinajstić information content (AvgIpc) is 2.17. The lowest BCUT2D eigenvalue weighted by Gasteiger charge is -1.92. The molecule has 1 rings (SSSR count). The molecular formula is C11H17NOS. The first-order valence-corrected chi connectivity index (χ1v) is 5.42. The lowest BCUT2D eigenvalue weighted by atomic mass is 10.2. The third-order valence-electron chi connectivity index (χ3n) is 1.12. The van der Waals surface area contributed by atoms with Crippen LogP contribution in [0.4, 0.5) is 0 Å². The zero-order valence-electron chi connectivity index (χ0n) is 8.86. The smallest absolute Gasteiger partial charge is 0.233 e. The van der Waals surface area contributed by atoms with Crippen molar-refractivity contribution in [2.24, 2.45) is 11.1 Å². The molecule has 0 saturated heterocycles. The number of rotatable bonds is 1. The van der Waals surface area contributed by atoms with E-state index in [0.29, 0.717) is 5.56 Å². The van der Waals surface area contributed by atoms with Crippen LogP contribution in [0, 0.1) is 5.92 Å². The van der Waals surface area contributed by atoms with E-state index in [-0.39, 0.29) is 5.12 Å². The van der Waals surface area contributed by atoms with Gasteiger partial charge in [-0.25, -0.2) is 0 Å². The summed E-state index contributed by atoms with van der Waals surface area (Å²) in [6.07, 6.45) is 0. The molecule has 0 spiro atoms. The van der Waals surface area contributed by atoms with Gasteiger partial charge in [0.05, 0.1) is 0 Å². The first-order chi connectivity index (χ1) is 6.57. The Bertz CT molecular complexity index is 256. The third kappa shape index (κ3) is 6.69. The van der Waals surface area contributed by atoms with Crippen LogP contribution >= 0.6 is 11.9 Å². The maximum absolute atomic E-state index is 10.9. The molecule has 0 fully saturated rings. The van der Waals surface area contributed by atoms with Crippen LogP contribution in [0.5, 0.6) is 0 Å². The van der Waals surface area contributed by atoms with Crippen molar-refractivity contribution in [3.8, 4) is 0 Å². The molecule has 3 heteroatoms. The van der Waals surface area contributed by atoms with Crippen molar-refractivity contribution in [2.45, 2.75) is 20.8 Å². The van der Waals surface area contributed by atoms with Gasteiger partial charge in [-0.1, -0.05) is 51.1 Å². The fraction of sp³-hybridized carbons (Fsp3) is 0.364. The maximum Gasteiger partial charge on any atom is 0.233 e. The van der Waals surface area contributed by atoms with E-state index in [0.717, 1.165) is 17.9 Å². The van der Waals surface area contributed by atoms with Crippen molar-refractivity contribution in [3.05, 3.63) is 35.9 Å². The summed E-state index contributed by atoms with van der Waals surface area (Å²) in [7, 11) is 0. The molecule has 0 aromatic heterocycles. The Morgan fingerprint density at radius 3 is 2.00 bits per heavy atom. The van der Waals surface area contributed by atoms with E-state index in [1.54, 1.807) is 12.1 Å². The fourth-order valence-electron chi connectivity index (χ4n) is 0.642. The topological polar surface area (TPSA) is 43.1 Å². The highest BCUT2D eigenvalue weighted by molar-refractivity contribution is 8.12. The van der Waals surface area contributed by atoms with E-state index < -0.39 is 0 Å². The molecule has 0 atom stereocenters. The van der Waals surface area contributed by atoms with Gasteiger partial charge in [0.2, 0.25) is 5.12 Å². The largest absolute Gasteiger partial charge is 0.280 e. The third-order valence-corrected chi connectivity index (χ3v) is 1.57. The number of carbonyl (C=O) groups excluding carboxylic acids is 1. The molecule has 2 nitrogen and oxygen atoms in total. The molecule has 14 heavy (non-hydrogen) atoms. The van der Waals surface area contributed by atoms with Crippen LogP contribution in [0.15, 0.2) is 30.3 Å². The minimum atomic E-state index is -0.0967. The molecule has 0 radical (unpaired) electrons. The fourth-order valence-corrected chi connectivity index (χ4v) is 0.914. The quantitative estimate of drug-likeness (QED) is 0.726. The van der Waals surface area contributed by atoms with Crippen LogP contribution in [0.2, 0.25) is 0 Å². The second-order valence-corrected chi connectivity index (χ2v) is 4.11. The Morgan fingerprint density at radius 1 is 1.21 bits per heavy atom. The summed E-state index contributed by atoms with van der Waals surface area (Å²) in [5, 5.41) is 4.97. The van der Waals surface area contributed by atoms with Gasteiger partial charge >= 0.3 is 0 Å². The molecular weight excluding hydrogens is 194 g/mol. The summed E-state index contributed by atoms with van der Waals surface area (Å²) >= 11 is 0.739. The second-order valence-electron chi connectivity index (χ2n) is 3.50. The van der Waals surface area contributed by atoms with Gasteiger partial charge in [0.25, 0.3) is 0 Å². The van der Waals surface area contributed by atoms with Crippen LogP contribution in [-0.4, -0.2) is 5.12 Å². The predicted octanol–water partition coefficient (Wildman–Crippen LogP) is 3.10. The van der Waals surface area contributed by atoms with Crippen molar-refractivity contribution in [3.63, 3.8) is 0 Å². The molecule has 0 bridgehead atoms. The van der Waals surface area contributed by atoms with Crippen molar-refractivity contribution in [2.75, 3.05) is 0 Å². The minimum absolute atomic E-state index is 0.0967. The van der Waals surface area contributed by atoms with Crippen molar-refractivity contribution < 1.29 is 4.79 Å². The lowest BCUT2D eigenvalue weighted by molar-refractivity contribution is 0.108. The van der Waals surface area contributed by atoms with Gasteiger partial charge in [0.15, 0.2) is 0 Å². The molecule has 0 aliphatic carbocycles. The van der Waals surface area contributed by atoms with Gasteiger partial charge in [0.1, 0.15) is 0 Å². The van der Waals surface area contributed by atoms with E-state index in [4.69, 9.17) is 5.14 Å². The highest BCUT2D eigenvalue weighted by atomic mass is 32.2. The van der Waals surface area contributed by atoms with Crippen LogP contribution in [0.1, 0.15) is 31.1 Å². The van der Waals surface area contributed by atoms with Gasteiger partial charge < -0.3 is 0 Å². The summed E-state index contributed by atoms with van der Waals surface area (Å²) < 4.78 is 0. The van der Waals surface area contributed by atoms with Crippen LogP contribution in [-0.2, 0) is 0 Å². The van der Waals surface area contributed by atoms with E-state index in [1.807, 2.05) is 18.2 Å². The summed E-state index contributed by atoms with van der Waals surface area (Å²) in [5.74, 6) is 0.833. The second kappa shape index (κ2) is 7.59. The summed E-state index contributed by atoms with van der Waals surface area (Å²) in [5.41, 5.74) is 0.648. The van der Waals surface area contributed by atoms with E-state index >= 15 is 0 Å². The average molecular weight is 211 g/mol. The van der Waals surface area contributed by atoms with Gasteiger partial charge in [0, 0.05) is 5.56 Å². The number of hydrogen-bond acceptors (Lipinski definition) is 3. The zero-order valence-corrected chi connectivity index (χ0v) is 9.67. The Morgan fingerprint density at radius 2 is 1.64 bits per heavy atom. The summed E-state index contributed by atoms with van der Waals surface area (Å²) in [4.78, 5) is 10.9. The Labute approximate surface area is 90.0 Å². The molecule has 0 amide bonds. The first kappa shape index (κ1) is 13.2. The molecule has 2 N–H and O–H groups in total. The maximum atomic E-state index is 10.9. The summed E-state index contributed by atoms with van der Waals surface area (Å²) in [6, 6.07) is 8.95. The molecule has 0 aliphatic heterocycles. The van der Waals surface area contributed by atoms with E-state index in [1.165, 1.54) is 0 Å². The predicted molar refractivity (Wildman–Crippen MR) is 63.1 cm³/mol. The molecule has 78 valence electrons. The van der Waals surface area contributed by atoms with Crippen LogP contribution in [0.25, 0.3) is 0 Å². The normalized spacial score (nSPS) is 9.21. The van der Waals surface area contributed by atoms with Gasteiger partial charge in [-0.05, 0) is 17.9 Å². The molecule has 0 unspecified atom stereocenters. The molecule has 0 saturated carbocycles. The number of hydrogen-bond donors (Lipinski definition) is 1. The van der Waals surface area contributed by atoms with Crippen molar-refractivity contribution in [1.82, 2.24) is 0 Å². The zero-order chi connectivity index (χ0) is 11.0. The van der Waals surface area contributed by atoms with Gasteiger partial charge in [-0.15, -0.1) is 0 Å². The SMILES string of the molecule is CC(C)C.NSC(=O)c1ccccc1. The lowest BCUT2D eigenvalue weighted by Crippen LogP contribution is -1.95. The highest BCUT2D eigenvalue weighted by Crippen LogP contribution is 2.05. The van der Waals surface area contributed by atoms with Crippen molar-refractivity contribution in [1.29, 1.82) is 0 Å². The molecule has 0 heterocycles. The first-order valence-electron chi connectivity index (χ1n) is 4.54. The van der Waals surface area contributed by atoms with Gasteiger partial charge in [-0.2, -0.15) is 0 Å². The number of nitrogens with two attached hydrogens (primary N) is 1. The Balaban J connectivity index is 0.000000364. The van der Waals surface area contributed by atoms with Gasteiger partial charge in [-0.3, -0.25) is 9.93 Å². The minimum Gasteiger partial charge on any atom is -0.280 e. The van der Waals surface area contributed by atoms with Crippen LogP contribution < -0.4 is 5.14 Å². The Kier molecular flexibility index (Phi) is 7.16. The number of carbonyl (C=O) groups is 1.